The Morgan fingerprint density at radius 2 is 1.93 bits per heavy atom. The van der Waals surface area contributed by atoms with Crippen LogP contribution in [0, 0.1) is 6.92 Å². The normalized spacial score (nSPS) is 15.9. The Hall–Kier alpha value is -3.35. The summed E-state index contributed by atoms with van der Waals surface area (Å²) in [4.78, 5) is 38.1. The standard InChI is InChI=1S/C21H22N2O5/c1-14-6-5-7-16(10-14)27-13-21(26)28-12-20(25)23-15(2)11-19(24)22-17-8-3-4-9-18(17)23/h3-10,15H,11-13H2,1-2H3,(H,22,24)/t15-/m1/s1. The summed E-state index contributed by atoms with van der Waals surface area (Å²) < 4.78 is 10.5. The summed E-state index contributed by atoms with van der Waals surface area (Å²) in [5.74, 6) is -0.651. The highest BCUT2D eigenvalue weighted by atomic mass is 16.6. The van der Waals surface area contributed by atoms with Crippen LogP contribution in [0.2, 0.25) is 0 Å². The maximum atomic E-state index is 12.7. The van der Waals surface area contributed by atoms with Crippen LogP contribution in [0.1, 0.15) is 18.9 Å². The Balaban J connectivity index is 1.60. The molecule has 0 bridgehead atoms. The number of hydrogen-bond acceptors (Lipinski definition) is 5. The zero-order chi connectivity index (χ0) is 20.1. The van der Waals surface area contributed by atoms with Gasteiger partial charge in [-0.2, -0.15) is 0 Å². The van der Waals surface area contributed by atoms with E-state index in [2.05, 4.69) is 5.32 Å². The van der Waals surface area contributed by atoms with Gasteiger partial charge >= 0.3 is 5.97 Å². The largest absolute Gasteiger partial charge is 0.482 e. The van der Waals surface area contributed by atoms with Crippen LogP contribution >= 0.6 is 0 Å². The number of carbonyl (C=O) groups excluding carboxylic acids is 3. The van der Waals surface area contributed by atoms with Gasteiger partial charge in [-0.3, -0.25) is 9.59 Å². The van der Waals surface area contributed by atoms with Gasteiger partial charge in [-0.25, -0.2) is 4.79 Å². The van der Waals surface area contributed by atoms with Crippen LogP contribution in [-0.2, 0) is 19.1 Å². The van der Waals surface area contributed by atoms with Gasteiger partial charge in [0, 0.05) is 12.5 Å². The van der Waals surface area contributed by atoms with Crippen LogP contribution in [0.15, 0.2) is 48.5 Å². The van der Waals surface area contributed by atoms with Crippen molar-refractivity contribution < 1.29 is 23.9 Å². The van der Waals surface area contributed by atoms with E-state index in [1.165, 1.54) is 4.90 Å². The van der Waals surface area contributed by atoms with Gasteiger partial charge in [0.2, 0.25) is 5.91 Å². The molecular weight excluding hydrogens is 360 g/mol. The van der Waals surface area contributed by atoms with Gasteiger partial charge in [0.05, 0.1) is 11.4 Å². The average Bonchev–Trinajstić information content (AvgIpc) is 2.78. The molecule has 1 N–H and O–H groups in total. The van der Waals surface area contributed by atoms with Crippen molar-refractivity contribution >= 4 is 29.2 Å². The molecule has 0 aliphatic carbocycles. The molecule has 0 unspecified atom stereocenters. The number of benzene rings is 2. The molecule has 2 aromatic carbocycles. The molecule has 1 atom stereocenters. The first-order valence-corrected chi connectivity index (χ1v) is 9.00. The highest BCUT2D eigenvalue weighted by Gasteiger charge is 2.30. The fourth-order valence-corrected chi connectivity index (χ4v) is 3.07. The second-order valence-corrected chi connectivity index (χ2v) is 6.65. The van der Waals surface area contributed by atoms with Gasteiger partial charge < -0.3 is 19.7 Å². The van der Waals surface area contributed by atoms with Crippen LogP contribution in [0.3, 0.4) is 0 Å². The number of amides is 2. The molecule has 7 heteroatoms. The number of anilines is 2. The van der Waals surface area contributed by atoms with E-state index in [1.54, 1.807) is 43.3 Å². The van der Waals surface area contributed by atoms with Crippen molar-refractivity contribution in [3.63, 3.8) is 0 Å². The van der Waals surface area contributed by atoms with Gasteiger partial charge in [0.25, 0.3) is 5.91 Å². The first kappa shape index (κ1) is 19.4. The zero-order valence-corrected chi connectivity index (χ0v) is 15.8. The van der Waals surface area contributed by atoms with E-state index in [1.807, 2.05) is 19.1 Å². The Labute approximate surface area is 163 Å². The molecule has 3 rings (SSSR count). The number of ether oxygens (including phenoxy) is 2. The summed E-state index contributed by atoms with van der Waals surface area (Å²) >= 11 is 0. The van der Waals surface area contributed by atoms with Gasteiger partial charge in [-0.1, -0.05) is 24.3 Å². The van der Waals surface area contributed by atoms with E-state index in [4.69, 9.17) is 9.47 Å². The summed E-state index contributed by atoms with van der Waals surface area (Å²) in [7, 11) is 0. The maximum absolute atomic E-state index is 12.7. The van der Waals surface area contributed by atoms with Crippen LogP contribution in [-0.4, -0.2) is 37.0 Å². The molecule has 2 amide bonds. The minimum atomic E-state index is -0.639. The van der Waals surface area contributed by atoms with E-state index in [-0.39, 0.29) is 25.0 Å². The van der Waals surface area contributed by atoms with Gasteiger partial charge in [-0.05, 0) is 43.7 Å². The number of esters is 1. The second kappa shape index (κ2) is 8.56. The quantitative estimate of drug-likeness (QED) is 0.804. The lowest BCUT2D eigenvalue weighted by atomic mass is 10.1. The number of nitrogens with zero attached hydrogens (tertiary/aromatic N) is 1. The fourth-order valence-electron chi connectivity index (χ4n) is 3.07. The van der Waals surface area contributed by atoms with Crippen molar-refractivity contribution in [3.05, 3.63) is 54.1 Å². The molecule has 0 saturated carbocycles. The summed E-state index contributed by atoms with van der Waals surface area (Å²) in [5, 5.41) is 2.78. The third kappa shape index (κ3) is 4.68. The van der Waals surface area contributed by atoms with Gasteiger partial charge in [0.1, 0.15) is 5.75 Å². The van der Waals surface area contributed by atoms with Crippen molar-refractivity contribution in [2.75, 3.05) is 23.4 Å². The lowest BCUT2D eigenvalue weighted by molar-refractivity contribution is -0.149. The number of carbonyl (C=O) groups is 3. The second-order valence-electron chi connectivity index (χ2n) is 6.65. The van der Waals surface area contributed by atoms with Crippen LogP contribution in [0.25, 0.3) is 0 Å². The summed E-state index contributed by atoms with van der Waals surface area (Å²) in [6, 6.07) is 14.0. The van der Waals surface area contributed by atoms with Crippen molar-refractivity contribution in [2.45, 2.75) is 26.3 Å². The molecule has 1 aliphatic heterocycles. The smallest absolute Gasteiger partial charge is 0.344 e. The third-order valence-electron chi connectivity index (χ3n) is 4.33. The van der Waals surface area contributed by atoms with Crippen LogP contribution < -0.4 is 15.0 Å². The Morgan fingerprint density at radius 3 is 2.71 bits per heavy atom. The monoisotopic (exact) mass is 382 g/mol. The maximum Gasteiger partial charge on any atom is 0.344 e. The summed E-state index contributed by atoms with van der Waals surface area (Å²) in [6.45, 7) is 2.98. The molecule has 0 radical (unpaired) electrons. The molecule has 146 valence electrons. The van der Waals surface area contributed by atoms with Crippen molar-refractivity contribution in [2.24, 2.45) is 0 Å². The summed E-state index contributed by atoms with van der Waals surface area (Å²) in [6.07, 6.45) is 0.158. The van der Waals surface area contributed by atoms with E-state index < -0.39 is 18.5 Å². The Morgan fingerprint density at radius 1 is 1.14 bits per heavy atom. The van der Waals surface area contributed by atoms with E-state index >= 15 is 0 Å². The average molecular weight is 382 g/mol. The predicted octanol–water partition coefficient (Wildman–Crippen LogP) is 2.68. The highest BCUT2D eigenvalue weighted by molar-refractivity contribution is 6.05. The summed E-state index contributed by atoms with van der Waals surface area (Å²) in [5.41, 5.74) is 2.15. The number of nitrogens with one attached hydrogen (secondary N) is 1. The first-order chi connectivity index (χ1) is 13.4. The molecule has 0 fully saturated rings. The highest BCUT2D eigenvalue weighted by Crippen LogP contribution is 2.31. The molecule has 0 saturated heterocycles. The van der Waals surface area contributed by atoms with Crippen molar-refractivity contribution in [1.82, 2.24) is 0 Å². The Bertz CT molecular complexity index is 896. The van der Waals surface area contributed by atoms with E-state index in [0.29, 0.717) is 17.1 Å². The Kier molecular flexibility index (Phi) is 5.93. The third-order valence-corrected chi connectivity index (χ3v) is 4.33. The number of fused-ring (bicyclic) bond motifs is 1. The number of hydrogen-bond donors (Lipinski definition) is 1. The topological polar surface area (TPSA) is 84.9 Å². The molecule has 0 aromatic heterocycles. The molecule has 7 nitrogen and oxygen atoms in total. The zero-order valence-electron chi connectivity index (χ0n) is 15.8. The molecule has 28 heavy (non-hydrogen) atoms. The van der Waals surface area contributed by atoms with E-state index in [0.717, 1.165) is 5.56 Å². The van der Waals surface area contributed by atoms with Gasteiger partial charge in [-0.15, -0.1) is 0 Å². The number of aryl methyl sites for hydroxylation is 1. The molecular formula is C21H22N2O5. The molecule has 1 heterocycles. The van der Waals surface area contributed by atoms with Crippen molar-refractivity contribution in [3.8, 4) is 5.75 Å². The SMILES string of the molecule is Cc1cccc(OCC(=O)OCC(=O)N2c3ccccc3NC(=O)C[C@H]2C)c1. The first-order valence-electron chi connectivity index (χ1n) is 9.00. The molecule has 1 aliphatic rings. The molecule has 2 aromatic rings. The number of para-hydroxylation sites is 2. The lowest BCUT2D eigenvalue weighted by Crippen LogP contribution is -2.41. The minimum Gasteiger partial charge on any atom is -0.482 e. The van der Waals surface area contributed by atoms with Crippen LogP contribution in [0.4, 0.5) is 11.4 Å². The minimum absolute atomic E-state index is 0.158. The lowest BCUT2D eigenvalue weighted by Gasteiger charge is -2.27. The van der Waals surface area contributed by atoms with Gasteiger partial charge in [0.15, 0.2) is 13.2 Å². The van der Waals surface area contributed by atoms with E-state index in [9.17, 15) is 14.4 Å². The number of rotatable bonds is 5. The van der Waals surface area contributed by atoms with Crippen LogP contribution in [0.5, 0.6) is 5.75 Å². The predicted molar refractivity (Wildman–Crippen MR) is 104 cm³/mol. The van der Waals surface area contributed by atoms with Crippen molar-refractivity contribution in [1.29, 1.82) is 0 Å². The molecule has 0 spiro atoms. The fraction of sp³-hybridized carbons (Fsp3) is 0.286.